The molecule has 4 aromatic rings. The van der Waals surface area contributed by atoms with E-state index in [1.807, 2.05) is 12.1 Å². The Morgan fingerprint density at radius 2 is 1.94 bits per heavy atom. The van der Waals surface area contributed by atoms with Crippen molar-refractivity contribution in [3.05, 3.63) is 81.3 Å². The molecule has 0 saturated heterocycles. The van der Waals surface area contributed by atoms with E-state index < -0.39 is 11.7 Å². The summed E-state index contributed by atoms with van der Waals surface area (Å²) in [5.74, 6) is -0.228. The van der Waals surface area contributed by atoms with Crippen molar-refractivity contribution in [3.8, 4) is 0 Å². The normalized spacial score (nSPS) is 13.3. The molecule has 1 fully saturated rings. The minimum atomic E-state index is -0.631. The van der Waals surface area contributed by atoms with E-state index in [0.717, 1.165) is 24.1 Å². The number of carbonyl (C=O) groups is 1. The molecule has 0 atom stereocenters. The molecule has 0 aliphatic heterocycles. The summed E-state index contributed by atoms with van der Waals surface area (Å²) in [6, 6.07) is 11.8. The number of aryl methyl sites for hydroxylation is 1. The van der Waals surface area contributed by atoms with E-state index in [-0.39, 0.29) is 12.1 Å². The molecule has 1 saturated carbocycles. The Kier molecular flexibility index (Phi) is 5.68. The molecule has 1 aliphatic rings. The number of fused-ring (bicyclic) bond motifs is 1. The molecular formula is C24H20Cl2FN5O. The smallest absolute Gasteiger partial charge is 0.254 e. The van der Waals surface area contributed by atoms with Crippen LogP contribution in [0.15, 0.2) is 48.7 Å². The first-order valence-corrected chi connectivity index (χ1v) is 11.3. The first-order valence-electron chi connectivity index (χ1n) is 10.5. The van der Waals surface area contributed by atoms with Crippen molar-refractivity contribution in [3.63, 3.8) is 0 Å². The average molecular weight is 484 g/mol. The molecule has 0 unspecified atom stereocenters. The summed E-state index contributed by atoms with van der Waals surface area (Å²) in [6.07, 6.45) is 3.97. The van der Waals surface area contributed by atoms with Crippen molar-refractivity contribution < 1.29 is 9.18 Å². The molecule has 2 N–H and O–H groups in total. The second-order valence-electron chi connectivity index (χ2n) is 8.03. The fourth-order valence-corrected chi connectivity index (χ4v) is 4.34. The average Bonchev–Trinajstić information content (AvgIpc) is 3.60. The Morgan fingerprint density at radius 3 is 2.67 bits per heavy atom. The van der Waals surface area contributed by atoms with E-state index in [9.17, 15) is 9.18 Å². The summed E-state index contributed by atoms with van der Waals surface area (Å²) >= 11 is 12.5. The van der Waals surface area contributed by atoms with Gasteiger partial charge in [0.15, 0.2) is 0 Å². The number of carbonyl (C=O) groups excluding carboxylic acids is 1. The number of nitrogens with one attached hydrogen (secondary N) is 2. The van der Waals surface area contributed by atoms with Crippen molar-refractivity contribution in [2.45, 2.75) is 25.3 Å². The van der Waals surface area contributed by atoms with Gasteiger partial charge in [-0.3, -0.25) is 9.78 Å². The maximum atomic E-state index is 14.9. The number of hydrogen-bond donors (Lipinski definition) is 2. The van der Waals surface area contributed by atoms with Crippen LogP contribution in [0.4, 0.5) is 16.0 Å². The molecule has 2 aromatic carbocycles. The Morgan fingerprint density at radius 1 is 1.18 bits per heavy atom. The molecule has 2 aromatic heterocycles. The standard InChI is InChI=1S/C24H20Cl2FN5O/c1-32-21-11-18(27)15(23(33)29-12-20-14(13-7-8-13)4-3-9-28-20)10-19(21)30-24(32)31-22-16(25)5-2-6-17(22)26/h2-6,9-11,13H,7-8,12H2,1H3,(H,29,33)(H,30,31). The third-order valence-electron chi connectivity index (χ3n) is 5.77. The maximum Gasteiger partial charge on any atom is 0.254 e. The fraction of sp³-hybridized carbons (Fsp3) is 0.208. The molecule has 33 heavy (non-hydrogen) atoms. The third-order valence-corrected chi connectivity index (χ3v) is 6.40. The van der Waals surface area contributed by atoms with E-state index in [4.69, 9.17) is 23.2 Å². The lowest BCUT2D eigenvalue weighted by Crippen LogP contribution is -2.25. The van der Waals surface area contributed by atoms with Gasteiger partial charge >= 0.3 is 0 Å². The third kappa shape index (κ3) is 4.26. The number of aromatic nitrogens is 3. The van der Waals surface area contributed by atoms with Gasteiger partial charge in [0.25, 0.3) is 5.91 Å². The van der Waals surface area contributed by atoms with Gasteiger partial charge in [0, 0.05) is 19.3 Å². The Hall–Kier alpha value is -3.16. The highest BCUT2D eigenvalue weighted by atomic mass is 35.5. The van der Waals surface area contributed by atoms with Gasteiger partial charge in [-0.2, -0.15) is 0 Å². The second kappa shape index (κ2) is 8.65. The van der Waals surface area contributed by atoms with Gasteiger partial charge in [-0.05, 0) is 48.6 Å². The van der Waals surface area contributed by atoms with E-state index >= 15 is 0 Å². The number of anilines is 2. The number of nitrogens with zero attached hydrogens (tertiary/aromatic N) is 3. The van der Waals surface area contributed by atoms with Gasteiger partial charge in [-0.25, -0.2) is 9.37 Å². The number of halogens is 3. The SMILES string of the molecule is Cn1c(Nc2c(Cl)cccc2Cl)nc2cc(C(=O)NCc3ncccc3C3CC3)c(F)cc21. The number of benzene rings is 2. The highest BCUT2D eigenvalue weighted by Crippen LogP contribution is 2.41. The van der Waals surface area contributed by atoms with Crippen molar-refractivity contribution in [2.75, 3.05) is 5.32 Å². The Balaban J connectivity index is 1.40. The van der Waals surface area contributed by atoms with E-state index in [1.54, 1.807) is 36.0 Å². The van der Waals surface area contributed by atoms with Crippen LogP contribution in [0.5, 0.6) is 0 Å². The highest BCUT2D eigenvalue weighted by Gasteiger charge is 2.26. The summed E-state index contributed by atoms with van der Waals surface area (Å²) in [4.78, 5) is 21.7. The second-order valence-corrected chi connectivity index (χ2v) is 8.85. The summed E-state index contributed by atoms with van der Waals surface area (Å²) in [6.45, 7) is 0.239. The zero-order chi connectivity index (χ0) is 23.1. The van der Waals surface area contributed by atoms with Crippen LogP contribution in [0.2, 0.25) is 10.0 Å². The van der Waals surface area contributed by atoms with Gasteiger partial charge in [0.05, 0.1) is 44.6 Å². The van der Waals surface area contributed by atoms with E-state index in [0.29, 0.717) is 38.6 Å². The molecule has 168 valence electrons. The molecule has 2 heterocycles. The maximum absolute atomic E-state index is 14.9. The summed E-state index contributed by atoms with van der Waals surface area (Å²) in [5, 5.41) is 6.75. The van der Waals surface area contributed by atoms with Gasteiger partial charge in [0.2, 0.25) is 5.95 Å². The first kappa shape index (κ1) is 21.7. The van der Waals surface area contributed by atoms with Gasteiger partial charge in [-0.15, -0.1) is 0 Å². The van der Waals surface area contributed by atoms with Crippen molar-refractivity contribution in [2.24, 2.45) is 7.05 Å². The molecule has 1 aliphatic carbocycles. The van der Waals surface area contributed by atoms with Crippen LogP contribution in [-0.2, 0) is 13.6 Å². The largest absolute Gasteiger partial charge is 0.346 e. The topological polar surface area (TPSA) is 71.8 Å². The molecule has 0 radical (unpaired) electrons. The Labute approximate surface area is 199 Å². The zero-order valence-corrected chi connectivity index (χ0v) is 19.2. The fourth-order valence-electron chi connectivity index (χ4n) is 3.85. The van der Waals surface area contributed by atoms with Crippen LogP contribution in [0.1, 0.15) is 40.4 Å². The number of imidazole rings is 1. The first-order chi connectivity index (χ1) is 15.9. The quantitative estimate of drug-likeness (QED) is 0.354. The molecule has 9 heteroatoms. The summed E-state index contributed by atoms with van der Waals surface area (Å²) in [5.41, 5.74) is 3.37. The minimum Gasteiger partial charge on any atom is -0.346 e. The molecule has 0 bridgehead atoms. The highest BCUT2D eigenvalue weighted by molar-refractivity contribution is 6.39. The molecule has 1 amide bonds. The van der Waals surface area contributed by atoms with Gasteiger partial charge in [0.1, 0.15) is 5.82 Å². The lowest BCUT2D eigenvalue weighted by Gasteiger charge is -2.10. The predicted molar refractivity (Wildman–Crippen MR) is 128 cm³/mol. The summed E-state index contributed by atoms with van der Waals surface area (Å²) < 4.78 is 16.6. The zero-order valence-electron chi connectivity index (χ0n) is 17.7. The van der Waals surface area contributed by atoms with Crippen molar-refractivity contribution in [1.29, 1.82) is 0 Å². The number of para-hydroxylation sites is 1. The van der Waals surface area contributed by atoms with E-state index in [1.165, 1.54) is 12.1 Å². The lowest BCUT2D eigenvalue weighted by molar-refractivity contribution is 0.0946. The predicted octanol–water partition coefficient (Wildman–Crippen LogP) is 5.97. The van der Waals surface area contributed by atoms with Crippen LogP contribution in [0, 0.1) is 5.82 Å². The molecule has 5 rings (SSSR count). The molecule has 0 spiro atoms. The summed E-state index contributed by atoms with van der Waals surface area (Å²) in [7, 11) is 1.74. The van der Waals surface area contributed by atoms with Crippen molar-refractivity contribution >= 4 is 51.8 Å². The van der Waals surface area contributed by atoms with Crippen LogP contribution < -0.4 is 10.6 Å². The van der Waals surface area contributed by atoms with Gasteiger partial charge < -0.3 is 15.2 Å². The number of amides is 1. The van der Waals surface area contributed by atoms with Crippen LogP contribution in [-0.4, -0.2) is 20.4 Å². The van der Waals surface area contributed by atoms with Crippen LogP contribution in [0.25, 0.3) is 11.0 Å². The van der Waals surface area contributed by atoms with Crippen LogP contribution in [0.3, 0.4) is 0 Å². The van der Waals surface area contributed by atoms with Gasteiger partial charge in [-0.1, -0.05) is 35.3 Å². The number of pyridine rings is 1. The van der Waals surface area contributed by atoms with Crippen LogP contribution >= 0.6 is 23.2 Å². The molecular weight excluding hydrogens is 464 g/mol. The Bertz CT molecular complexity index is 1360. The lowest BCUT2D eigenvalue weighted by atomic mass is 10.1. The van der Waals surface area contributed by atoms with E-state index in [2.05, 4.69) is 20.6 Å². The minimum absolute atomic E-state index is 0.0770. The number of rotatable bonds is 6. The monoisotopic (exact) mass is 483 g/mol. The number of hydrogen-bond acceptors (Lipinski definition) is 4. The molecule has 6 nitrogen and oxygen atoms in total. The van der Waals surface area contributed by atoms with Crippen molar-refractivity contribution in [1.82, 2.24) is 19.9 Å².